The topological polar surface area (TPSA) is 72.0 Å². The maximum Gasteiger partial charge on any atom is 0.0793 e. The summed E-state index contributed by atoms with van der Waals surface area (Å²) in [5.41, 5.74) is 0. The van der Waals surface area contributed by atoms with Crippen LogP contribution in [0.25, 0.3) is 0 Å². The molecule has 2 fully saturated rings. The first-order valence-electron chi connectivity index (χ1n) is 8.67. The van der Waals surface area contributed by atoms with Crippen LogP contribution < -0.4 is 16.0 Å². The number of hydrogen-bond acceptors (Lipinski definition) is 7. The Kier molecular flexibility index (Phi) is 9.27. The van der Waals surface area contributed by atoms with Crippen molar-refractivity contribution >= 4 is 0 Å². The first kappa shape index (κ1) is 18.1. The van der Waals surface area contributed by atoms with Gasteiger partial charge in [-0.25, -0.2) is 0 Å². The Balaban J connectivity index is 1.68. The van der Waals surface area contributed by atoms with Crippen LogP contribution in [0.5, 0.6) is 0 Å². The van der Waals surface area contributed by atoms with E-state index in [2.05, 4.69) is 25.8 Å². The first-order chi connectivity index (χ1) is 10.8. The quantitative estimate of drug-likeness (QED) is 0.468. The van der Waals surface area contributed by atoms with Crippen molar-refractivity contribution in [3.05, 3.63) is 0 Å². The Morgan fingerprint density at radius 2 is 1.18 bits per heavy atom. The summed E-state index contributed by atoms with van der Waals surface area (Å²) in [5.74, 6) is 0. The van der Waals surface area contributed by atoms with Crippen LogP contribution in [0.3, 0.4) is 0 Å². The van der Waals surface area contributed by atoms with Gasteiger partial charge < -0.3 is 25.8 Å². The molecule has 2 saturated heterocycles. The third kappa shape index (κ3) is 7.82. The van der Waals surface area contributed by atoms with Gasteiger partial charge in [0.25, 0.3) is 0 Å². The van der Waals surface area contributed by atoms with E-state index in [-0.39, 0.29) is 6.10 Å². The summed E-state index contributed by atoms with van der Waals surface area (Å²) >= 11 is 0. The standard InChI is InChI=1S/C15H33N5O2/c21-15(14-20-9-11-22-12-10-20)13-19-7-5-17-3-1-16-2-4-18-6-8-19/h15-18,21H,1-14H2. The zero-order chi connectivity index (χ0) is 15.5. The second kappa shape index (κ2) is 11.3. The van der Waals surface area contributed by atoms with Crippen LogP contribution >= 0.6 is 0 Å². The molecule has 0 aromatic carbocycles. The lowest BCUT2D eigenvalue weighted by molar-refractivity contribution is 0.00708. The summed E-state index contributed by atoms with van der Waals surface area (Å²) in [4.78, 5) is 4.66. The highest BCUT2D eigenvalue weighted by Gasteiger charge is 2.17. The van der Waals surface area contributed by atoms with Crippen LogP contribution in [0, 0.1) is 0 Å². The largest absolute Gasteiger partial charge is 0.390 e. The number of aliphatic hydroxyl groups excluding tert-OH is 1. The molecule has 0 spiro atoms. The molecule has 1 unspecified atom stereocenters. The van der Waals surface area contributed by atoms with Gasteiger partial charge in [-0.2, -0.15) is 0 Å². The molecule has 0 aromatic heterocycles. The number of aliphatic hydroxyl groups is 1. The van der Waals surface area contributed by atoms with Gasteiger partial charge in [-0.15, -0.1) is 0 Å². The normalized spacial score (nSPS) is 26.0. The number of hydrogen-bond donors (Lipinski definition) is 4. The highest BCUT2D eigenvalue weighted by molar-refractivity contribution is 4.73. The fourth-order valence-corrected chi connectivity index (χ4v) is 2.93. The maximum absolute atomic E-state index is 10.4. The predicted molar refractivity (Wildman–Crippen MR) is 88.3 cm³/mol. The molecule has 0 amide bonds. The van der Waals surface area contributed by atoms with E-state index in [1.54, 1.807) is 0 Å². The summed E-state index contributed by atoms with van der Waals surface area (Å²) < 4.78 is 5.35. The summed E-state index contributed by atoms with van der Waals surface area (Å²) in [7, 11) is 0. The van der Waals surface area contributed by atoms with Crippen molar-refractivity contribution in [2.75, 3.05) is 91.8 Å². The Morgan fingerprint density at radius 3 is 1.73 bits per heavy atom. The monoisotopic (exact) mass is 315 g/mol. The molecule has 1 atom stereocenters. The van der Waals surface area contributed by atoms with E-state index >= 15 is 0 Å². The van der Waals surface area contributed by atoms with E-state index in [0.29, 0.717) is 0 Å². The second-order valence-corrected chi connectivity index (χ2v) is 6.12. The van der Waals surface area contributed by atoms with Gasteiger partial charge in [-0.1, -0.05) is 0 Å². The van der Waals surface area contributed by atoms with E-state index in [0.717, 1.165) is 91.8 Å². The zero-order valence-electron chi connectivity index (χ0n) is 13.7. The molecule has 7 nitrogen and oxygen atoms in total. The highest BCUT2D eigenvalue weighted by Crippen LogP contribution is 2.00. The summed E-state index contributed by atoms with van der Waals surface area (Å²) in [6.45, 7) is 12.9. The van der Waals surface area contributed by atoms with Crippen molar-refractivity contribution in [1.29, 1.82) is 0 Å². The van der Waals surface area contributed by atoms with Crippen LogP contribution in [-0.4, -0.2) is 113 Å². The molecule has 2 aliphatic rings. The molecule has 22 heavy (non-hydrogen) atoms. The third-order valence-corrected chi connectivity index (χ3v) is 4.21. The van der Waals surface area contributed by atoms with Gasteiger partial charge in [-0.05, 0) is 0 Å². The Morgan fingerprint density at radius 1 is 0.727 bits per heavy atom. The van der Waals surface area contributed by atoms with Crippen molar-refractivity contribution in [2.24, 2.45) is 0 Å². The molecular weight excluding hydrogens is 282 g/mol. The minimum Gasteiger partial charge on any atom is -0.390 e. The van der Waals surface area contributed by atoms with Gasteiger partial charge >= 0.3 is 0 Å². The van der Waals surface area contributed by atoms with Gasteiger partial charge in [0.2, 0.25) is 0 Å². The smallest absolute Gasteiger partial charge is 0.0793 e. The maximum atomic E-state index is 10.4. The molecule has 0 aromatic rings. The van der Waals surface area contributed by atoms with E-state index in [1.165, 1.54) is 0 Å². The average Bonchev–Trinajstić information content (AvgIpc) is 2.51. The van der Waals surface area contributed by atoms with Gasteiger partial charge in [-0.3, -0.25) is 9.80 Å². The minimum absolute atomic E-state index is 0.285. The minimum atomic E-state index is -0.285. The average molecular weight is 315 g/mol. The summed E-state index contributed by atoms with van der Waals surface area (Å²) in [5, 5.41) is 20.7. The zero-order valence-corrected chi connectivity index (χ0v) is 13.7. The van der Waals surface area contributed by atoms with Crippen LogP contribution in [0.1, 0.15) is 0 Å². The summed E-state index contributed by atoms with van der Waals surface area (Å²) in [6.07, 6.45) is -0.285. The number of ether oxygens (including phenoxy) is 1. The summed E-state index contributed by atoms with van der Waals surface area (Å²) in [6, 6.07) is 0. The van der Waals surface area contributed by atoms with Crippen LogP contribution in [-0.2, 0) is 4.74 Å². The predicted octanol–water partition coefficient (Wildman–Crippen LogP) is -2.24. The van der Waals surface area contributed by atoms with Crippen molar-refractivity contribution in [2.45, 2.75) is 6.10 Å². The van der Waals surface area contributed by atoms with E-state index in [4.69, 9.17) is 4.74 Å². The first-order valence-corrected chi connectivity index (χ1v) is 8.67. The third-order valence-electron chi connectivity index (χ3n) is 4.21. The molecule has 0 saturated carbocycles. The number of nitrogens with zero attached hydrogens (tertiary/aromatic N) is 2. The van der Waals surface area contributed by atoms with Crippen molar-refractivity contribution in [1.82, 2.24) is 25.8 Å². The van der Waals surface area contributed by atoms with Crippen LogP contribution in [0.4, 0.5) is 0 Å². The molecule has 0 radical (unpaired) electrons. The van der Waals surface area contributed by atoms with Crippen molar-refractivity contribution in [3.8, 4) is 0 Å². The van der Waals surface area contributed by atoms with Gasteiger partial charge in [0.1, 0.15) is 0 Å². The fourth-order valence-electron chi connectivity index (χ4n) is 2.93. The Bertz CT molecular complexity index is 265. The number of β-amino-alcohol motifs (C(OH)–C–C–N with tert-alkyl or cyclic N) is 1. The number of nitrogens with one attached hydrogen (secondary N) is 3. The van der Waals surface area contributed by atoms with E-state index in [1.807, 2.05) is 0 Å². The van der Waals surface area contributed by atoms with Crippen molar-refractivity contribution in [3.63, 3.8) is 0 Å². The lowest BCUT2D eigenvalue weighted by Crippen LogP contribution is -2.47. The molecule has 7 heteroatoms. The lowest BCUT2D eigenvalue weighted by atomic mass is 10.2. The molecule has 2 aliphatic heterocycles. The molecule has 0 bridgehead atoms. The second-order valence-electron chi connectivity index (χ2n) is 6.12. The van der Waals surface area contributed by atoms with Crippen molar-refractivity contribution < 1.29 is 9.84 Å². The van der Waals surface area contributed by atoms with E-state index in [9.17, 15) is 5.11 Å². The number of morpholine rings is 1. The Hall–Kier alpha value is -0.280. The van der Waals surface area contributed by atoms with Crippen LogP contribution in [0.15, 0.2) is 0 Å². The molecule has 130 valence electrons. The van der Waals surface area contributed by atoms with Gasteiger partial charge in [0.15, 0.2) is 0 Å². The van der Waals surface area contributed by atoms with Gasteiger partial charge in [0.05, 0.1) is 19.3 Å². The lowest BCUT2D eigenvalue weighted by Gasteiger charge is -2.31. The molecule has 2 heterocycles. The van der Waals surface area contributed by atoms with E-state index < -0.39 is 0 Å². The molecule has 0 aliphatic carbocycles. The fraction of sp³-hybridized carbons (Fsp3) is 1.00. The SMILES string of the molecule is OC(CN1CCNCCNCCNCC1)CN1CCOCC1. The molecule has 2 rings (SSSR count). The molecule has 4 N–H and O–H groups in total. The Labute approximate surface area is 134 Å². The van der Waals surface area contributed by atoms with Crippen LogP contribution in [0.2, 0.25) is 0 Å². The van der Waals surface area contributed by atoms with Gasteiger partial charge in [0, 0.05) is 78.5 Å². The number of rotatable bonds is 4. The molecular formula is C15H33N5O2. The highest BCUT2D eigenvalue weighted by atomic mass is 16.5.